The molecule has 0 saturated heterocycles. The van der Waals surface area contributed by atoms with Crippen LogP contribution in [0.5, 0.6) is 0 Å². The Balaban J connectivity index is 1.90. The monoisotopic (exact) mass is 346 g/mol. The summed E-state index contributed by atoms with van der Waals surface area (Å²) in [4.78, 5) is 14.7. The van der Waals surface area contributed by atoms with Gasteiger partial charge in [0, 0.05) is 6.54 Å². The number of carbonyl (C=O) groups is 1. The zero-order chi connectivity index (χ0) is 17.4. The third-order valence-electron chi connectivity index (χ3n) is 3.19. The van der Waals surface area contributed by atoms with Crippen LogP contribution in [0.3, 0.4) is 0 Å². The van der Waals surface area contributed by atoms with Gasteiger partial charge in [0.25, 0.3) is 0 Å². The predicted octanol–water partition coefficient (Wildman–Crippen LogP) is 1.70. The summed E-state index contributed by atoms with van der Waals surface area (Å²) in [5.41, 5.74) is 3.18. The molecule has 0 spiro atoms. The maximum absolute atomic E-state index is 11.5. The lowest BCUT2D eigenvalue weighted by molar-refractivity contribution is -0.141. The molecule has 0 aromatic heterocycles. The summed E-state index contributed by atoms with van der Waals surface area (Å²) >= 11 is 0. The normalized spacial score (nSPS) is 11.5. The molecule has 126 valence electrons. The van der Waals surface area contributed by atoms with Crippen LogP contribution in [-0.2, 0) is 19.7 Å². The van der Waals surface area contributed by atoms with Gasteiger partial charge in [0.1, 0.15) is 0 Å². The van der Waals surface area contributed by atoms with Crippen LogP contribution in [0.1, 0.15) is 5.56 Å². The van der Waals surface area contributed by atoms with Crippen LogP contribution in [0, 0.1) is 0 Å². The SMILES string of the molecule is NOC(=O)CS(=O)(=O)NC/C=C/c1ccc(-c2ccccc2)cc1. The van der Waals surface area contributed by atoms with E-state index in [2.05, 4.69) is 15.5 Å². The average Bonchev–Trinajstić information content (AvgIpc) is 2.59. The summed E-state index contributed by atoms with van der Waals surface area (Å²) in [7, 11) is -3.75. The van der Waals surface area contributed by atoms with Gasteiger partial charge in [-0.2, -0.15) is 5.90 Å². The standard InChI is InChI=1S/C17H18N2O4S/c18-23-17(20)13-24(21,22)19-12-4-5-14-8-10-16(11-9-14)15-6-2-1-3-7-15/h1-11,19H,12-13,18H2/b5-4+. The molecule has 0 aliphatic heterocycles. The molecule has 3 N–H and O–H groups in total. The van der Waals surface area contributed by atoms with Crippen LogP contribution in [0.25, 0.3) is 17.2 Å². The zero-order valence-corrected chi connectivity index (χ0v) is 13.7. The number of carbonyl (C=O) groups excluding carboxylic acids is 1. The van der Waals surface area contributed by atoms with Gasteiger partial charge < -0.3 is 4.84 Å². The number of nitrogens with two attached hydrogens (primary N) is 1. The summed E-state index contributed by atoms with van der Waals surface area (Å²) in [6, 6.07) is 17.9. The lowest BCUT2D eigenvalue weighted by Crippen LogP contribution is -2.31. The van der Waals surface area contributed by atoms with Crippen LogP contribution in [0.4, 0.5) is 0 Å². The average molecular weight is 346 g/mol. The summed E-state index contributed by atoms with van der Waals surface area (Å²) < 4.78 is 25.3. The van der Waals surface area contributed by atoms with Gasteiger partial charge in [-0.05, 0) is 16.7 Å². The second-order valence-corrected chi connectivity index (χ2v) is 6.79. The number of hydrogen-bond donors (Lipinski definition) is 2. The molecule has 0 unspecified atom stereocenters. The molecule has 2 aromatic rings. The number of hydrogen-bond acceptors (Lipinski definition) is 5. The molecule has 0 radical (unpaired) electrons. The molecule has 0 heterocycles. The van der Waals surface area contributed by atoms with Crippen molar-refractivity contribution in [1.82, 2.24) is 4.72 Å². The van der Waals surface area contributed by atoms with Gasteiger partial charge in [-0.1, -0.05) is 66.7 Å². The van der Waals surface area contributed by atoms with Crippen molar-refractivity contribution in [3.8, 4) is 11.1 Å². The van der Waals surface area contributed by atoms with E-state index in [1.165, 1.54) is 0 Å². The first kappa shape index (κ1) is 17.9. The Morgan fingerprint density at radius 2 is 1.67 bits per heavy atom. The maximum Gasteiger partial charge on any atom is 0.341 e. The molecular formula is C17H18N2O4S. The fraction of sp³-hybridized carbons (Fsp3) is 0.118. The van der Waals surface area contributed by atoms with Gasteiger partial charge in [-0.3, -0.25) is 0 Å². The van der Waals surface area contributed by atoms with E-state index in [1.54, 1.807) is 12.2 Å². The molecule has 0 bridgehead atoms. The van der Waals surface area contributed by atoms with Gasteiger partial charge in [0.2, 0.25) is 10.0 Å². The minimum atomic E-state index is -3.75. The van der Waals surface area contributed by atoms with E-state index in [-0.39, 0.29) is 6.54 Å². The Kier molecular flexibility index (Phi) is 6.25. The van der Waals surface area contributed by atoms with E-state index in [0.717, 1.165) is 16.7 Å². The highest BCUT2D eigenvalue weighted by atomic mass is 32.2. The first-order valence-corrected chi connectivity index (χ1v) is 8.84. The molecule has 0 aliphatic rings. The minimum Gasteiger partial charge on any atom is -0.373 e. The third kappa shape index (κ3) is 5.62. The van der Waals surface area contributed by atoms with E-state index in [0.29, 0.717) is 0 Å². The summed E-state index contributed by atoms with van der Waals surface area (Å²) in [6.07, 6.45) is 3.45. The largest absolute Gasteiger partial charge is 0.373 e. The van der Waals surface area contributed by atoms with Crippen molar-refractivity contribution < 1.29 is 18.0 Å². The topological polar surface area (TPSA) is 98.5 Å². The summed E-state index contributed by atoms with van der Waals surface area (Å²) in [5.74, 6) is 2.79. The van der Waals surface area contributed by atoms with Gasteiger partial charge in [0.05, 0.1) is 0 Å². The quantitative estimate of drug-likeness (QED) is 0.744. The molecule has 0 aliphatic carbocycles. The van der Waals surface area contributed by atoms with Crippen molar-refractivity contribution >= 4 is 22.1 Å². The van der Waals surface area contributed by atoms with Gasteiger partial charge >= 0.3 is 5.97 Å². The lowest BCUT2D eigenvalue weighted by atomic mass is 10.0. The lowest BCUT2D eigenvalue weighted by Gasteiger charge is -2.03. The molecule has 2 aromatic carbocycles. The number of nitrogens with one attached hydrogen (secondary N) is 1. The second-order valence-electron chi connectivity index (χ2n) is 4.99. The van der Waals surface area contributed by atoms with E-state index in [1.807, 2.05) is 54.6 Å². The van der Waals surface area contributed by atoms with E-state index < -0.39 is 21.7 Å². The van der Waals surface area contributed by atoms with Crippen LogP contribution in [-0.4, -0.2) is 26.7 Å². The van der Waals surface area contributed by atoms with Crippen molar-refractivity contribution in [1.29, 1.82) is 0 Å². The van der Waals surface area contributed by atoms with E-state index in [4.69, 9.17) is 0 Å². The smallest absolute Gasteiger partial charge is 0.341 e. The number of rotatable bonds is 7. The van der Waals surface area contributed by atoms with Crippen molar-refractivity contribution in [2.24, 2.45) is 5.90 Å². The van der Waals surface area contributed by atoms with E-state index in [9.17, 15) is 13.2 Å². The highest BCUT2D eigenvalue weighted by Gasteiger charge is 2.15. The first-order chi connectivity index (χ1) is 11.5. The molecule has 0 atom stereocenters. The molecule has 6 nitrogen and oxygen atoms in total. The Labute approximate surface area is 141 Å². The predicted molar refractivity (Wildman–Crippen MR) is 93.0 cm³/mol. The molecule has 24 heavy (non-hydrogen) atoms. The third-order valence-corrected chi connectivity index (χ3v) is 4.41. The minimum absolute atomic E-state index is 0.0701. The van der Waals surface area contributed by atoms with Gasteiger partial charge in [-0.25, -0.2) is 17.9 Å². The summed E-state index contributed by atoms with van der Waals surface area (Å²) in [5, 5.41) is 0. The highest BCUT2D eigenvalue weighted by Crippen LogP contribution is 2.19. The molecular weight excluding hydrogens is 328 g/mol. The summed E-state index contributed by atoms with van der Waals surface area (Å²) in [6.45, 7) is 0.0701. The van der Waals surface area contributed by atoms with E-state index >= 15 is 0 Å². The zero-order valence-electron chi connectivity index (χ0n) is 12.9. The van der Waals surface area contributed by atoms with Crippen molar-refractivity contribution in [2.75, 3.05) is 12.3 Å². The Morgan fingerprint density at radius 3 is 2.29 bits per heavy atom. The van der Waals surface area contributed by atoms with Crippen LogP contribution < -0.4 is 10.6 Å². The van der Waals surface area contributed by atoms with Gasteiger partial charge in [-0.15, -0.1) is 0 Å². The molecule has 0 fully saturated rings. The van der Waals surface area contributed by atoms with Crippen LogP contribution in [0.2, 0.25) is 0 Å². The second kappa shape index (κ2) is 8.39. The highest BCUT2D eigenvalue weighted by molar-refractivity contribution is 7.90. The van der Waals surface area contributed by atoms with Crippen molar-refractivity contribution in [2.45, 2.75) is 0 Å². The van der Waals surface area contributed by atoms with Crippen molar-refractivity contribution in [3.63, 3.8) is 0 Å². The maximum atomic E-state index is 11.5. The number of benzene rings is 2. The number of sulfonamides is 1. The Bertz CT molecular complexity index is 800. The van der Waals surface area contributed by atoms with Gasteiger partial charge in [0.15, 0.2) is 5.75 Å². The van der Waals surface area contributed by atoms with Crippen LogP contribution in [0.15, 0.2) is 60.7 Å². The van der Waals surface area contributed by atoms with Crippen LogP contribution >= 0.6 is 0 Å². The molecule has 0 saturated carbocycles. The fourth-order valence-electron chi connectivity index (χ4n) is 2.03. The van der Waals surface area contributed by atoms with Crippen molar-refractivity contribution in [3.05, 3.63) is 66.2 Å². The fourth-order valence-corrected chi connectivity index (χ4v) is 2.86. The molecule has 7 heteroatoms. The first-order valence-electron chi connectivity index (χ1n) is 7.19. The Hall–Kier alpha value is -2.48. The Morgan fingerprint density at radius 1 is 1.04 bits per heavy atom. The molecule has 2 rings (SSSR count). The molecule has 0 amide bonds.